The van der Waals surface area contributed by atoms with Crippen LogP contribution in [0.25, 0.3) is 10.9 Å². The Morgan fingerprint density at radius 2 is 1.85 bits per heavy atom. The van der Waals surface area contributed by atoms with Gasteiger partial charge in [0.15, 0.2) is 0 Å². The molecule has 2 aromatic carbocycles. The number of para-hydroxylation sites is 2. The third kappa shape index (κ3) is 2.80. The van der Waals surface area contributed by atoms with E-state index >= 15 is 0 Å². The van der Waals surface area contributed by atoms with E-state index in [1.54, 1.807) is 0 Å². The number of rotatable bonds is 4. The van der Waals surface area contributed by atoms with Crippen LogP contribution in [0.3, 0.4) is 0 Å². The zero-order chi connectivity index (χ0) is 18.3. The van der Waals surface area contributed by atoms with Crippen LogP contribution in [-0.2, 0) is 13.0 Å². The zero-order valence-corrected chi connectivity index (χ0v) is 15.6. The highest BCUT2D eigenvalue weighted by Crippen LogP contribution is 2.34. The molecule has 4 rings (SSSR count). The summed E-state index contributed by atoms with van der Waals surface area (Å²) in [6.07, 6.45) is 2.95. The largest absolute Gasteiger partial charge is 0.345 e. The molecule has 2 heterocycles. The van der Waals surface area contributed by atoms with Crippen molar-refractivity contribution >= 4 is 22.5 Å². The number of fused-ring (bicyclic) bond motifs is 2. The van der Waals surface area contributed by atoms with Crippen LogP contribution in [0.1, 0.15) is 22.8 Å². The summed E-state index contributed by atoms with van der Waals surface area (Å²) in [5.74, 6) is 0.0993. The van der Waals surface area contributed by atoms with Crippen LogP contribution in [0.5, 0.6) is 0 Å². The lowest BCUT2D eigenvalue weighted by Crippen LogP contribution is -2.35. The van der Waals surface area contributed by atoms with Gasteiger partial charge < -0.3 is 14.4 Å². The molecule has 0 fully saturated rings. The van der Waals surface area contributed by atoms with Crippen molar-refractivity contribution in [3.05, 3.63) is 65.9 Å². The number of likely N-dealkylation sites (N-methyl/N-ethyl adjacent to an activating group) is 1. The monoisotopic (exact) mass is 347 g/mol. The second kappa shape index (κ2) is 6.61. The second-order valence-corrected chi connectivity index (χ2v) is 7.41. The number of anilines is 1. The molecule has 0 N–H and O–H groups in total. The van der Waals surface area contributed by atoms with E-state index in [1.165, 1.54) is 5.56 Å². The lowest BCUT2D eigenvalue weighted by Gasteiger charge is -2.22. The van der Waals surface area contributed by atoms with Gasteiger partial charge in [-0.1, -0.05) is 36.4 Å². The first-order valence-electron chi connectivity index (χ1n) is 9.20. The number of amides is 1. The maximum atomic E-state index is 13.5. The third-order valence-electron chi connectivity index (χ3n) is 5.23. The lowest BCUT2D eigenvalue weighted by atomic mass is 10.1. The third-order valence-corrected chi connectivity index (χ3v) is 5.23. The summed E-state index contributed by atoms with van der Waals surface area (Å²) >= 11 is 0. The molecule has 0 saturated heterocycles. The molecular formula is C22H25N3O. The SMILES string of the molecule is C[C@@H]1Cc2ccccc2N1C(=O)c1cn(CCN(C)C)c2ccccc12. The highest BCUT2D eigenvalue weighted by Gasteiger charge is 2.32. The molecule has 134 valence electrons. The Bertz CT molecular complexity index is 957. The number of benzene rings is 2. The molecule has 4 heteroatoms. The molecule has 1 aliphatic rings. The molecule has 3 aromatic rings. The molecule has 1 aliphatic heterocycles. The number of carbonyl (C=O) groups is 1. The van der Waals surface area contributed by atoms with Crippen molar-refractivity contribution in [1.29, 1.82) is 0 Å². The van der Waals surface area contributed by atoms with Crippen molar-refractivity contribution in [2.45, 2.75) is 25.9 Å². The minimum Gasteiger partial charge on any atom is -0.345 e. The molecule has 0 unspecified atom stereocenters. The van der Waals surface area contributed by atoms with Gasteiger partial charge in [-0.05, 0) is 45.1 Å². The smallest absolute Gasteiger partial charge is 0.260 e. The first kappa shape index (κ1) is 16.9. The lowest BCUT2D eigenvalue weighted by molar-refractivity contribution is 0.0983. The Labute approximate surface area is 154 Å². The molecule has 0 spiro atoms. The fourth-order valence-corrected chi connectivity index (χ4v) is 3.91. The van der Waals surface area contributed by atoms with Crippen LogP contribution in [0.15, 0.2) is 54.7 Å². The minimum absolute atomic E-state index is 0.0993. The van der Waals surface area contributed by atoms with Gasteiger partial charge in [-0.15, -0.1) is 0 Å². The molecular weight excluding hydrogens is 322 g/mol. The topological polar surface area (TPSA) is 28.5 Å². The highest BCUT2D eigenvalue weighted by molar-refractivity contribution is 6.15. The maximum Gasteiger partial charge on any atom is 0.260 e. The van der Waals surface area contributed by atoms with E-state index in [9.17, 15) is 4.79 Å². The number of aromatic nitrogens is 1. The van der Waals surface area contributed by atoms with Gasteiger partial charge >= 0.3 is 0 Å². The van der Waals surface area contributed by atoms with Crippen LogP contribution in [-0.4, -0.2) is 42.1 Å². The Hall–Kier alpha value is -2.59. The summed E-state index contributed by atoms with van der Waals surface area (Å²) in [5.41, 5.74) is 4.22. The fraction of sp³-hybridized carbons (Fsp3) is 0.318. The Morgan fingerprint density at radius 3 is 2.65 bits per heavy atom. The van der Waals surface area contributed by atoms with E-state index in [1.807, 2.05) is 35.4 Å². The van der Waals surface area contributed by atoms with Crippen LogP contribution >= 0.6 is 0 Å². The molecule has 26 heavy (non-hydrogen) atoms. The average Bonchev–Trinajstić information content (AvgIpc) is 3.16. The quantitative estimate of drug-likeness (QED) is 0.718. The Morgan fingerprint density at radius 1 is 1.12 bits per heavy atom. The number of hydrogen-bond donors (Lipinski definition) is 0. The van der Waals surface area contributed by atoms with Gasteiger partial charge in [0.2, 0.25) is 0 Å². The van der Waals surface area contributed by atoms with Gasteiger partial charge in [-0.2, -0.15) is 0 Å². The molecule has 0 radical (unpaired) electrons. The standard InChI is InChI=1S/C22H25N3O/c1-16-14-17-8-4-6-10-20(17)25(16)22(26)19-15-24(13-12-23(2)3)21-11-7-5-9-18(19)21/h4-11,15-16H,12-14H2,1-3H3/t16-/m1/s1. The van der Waals surface area contributed by atoms with Crippen LogP contribution < -0.4 is 4.90 Å². The van der Waals surface area contributed by atoms with Crippen molar-refractivity contribution in [2.75, 3.05) is 25.5 Å². The second-order valence-electron chi connectivity index (χ2n) is 7.41. The number of carbonyl (C=O) groups excluding carboxylic acids is 1. The summed E-state index contributed by atoms with van der Waals surface area (Å²) in [4.78, 5) is 17.6. The summed E-state index contributed by atoms with van der Waals surface area (Å²) in [6, 6.07) is 16.6. The molecule has 1 aromatic heterocycles. The van der Waals surface area contributed by atoms with Crippen molar-refractivity contribution in [2.24, 2.45) is 0 Å². The predicted molar refractivity (Wildman–Crippen MR) is 107 cm³/mol. The molecule has 4 nitrogen and oxygen atoms in total. The first-order valence-corrected chi connectivity index (χ1v) is 9.20. The van der Waals surface area contributed by atoms with E-state index in [-0.39, 0.29) is 11.9 Å². The van der Waals surface area contributed by atoms with Gasteiger partial charge in [0.1, 0.15) is 0 Å². The van der Waals surface area contributed by atoms with Gasteiger partial charge in [-0.3, -0.25) is 4.79 Å². The molecule has 1 amide bonds. The fourth-order valence-electron chi connectivity index (χ4n) is 3.91. The molecule has 0 aliphatic carbocycles. The van der Waals surface area contributed by atoms with E-state index in [4.69, 9.17) is 0 Å². The van der Waals surface area contributed by atoms with E-state index in [0.717, 1.165) is 41.7 Å². The maximum absolute atomic E-state index is 13.5. The van der Waals surface area contributed by atoms with Gasteiger partial charge in [-0.25, -0.2) is 0 Å². The van der Waals surface area contributed by atoms with E-state index in [2.05, 4.69) is 54.8 Å². The van der Waals surface area contributed by atoms with E-state index in [0.29, 0.717) is 0 Å². The first-order chi connectivity index (χ1) is 12.6. The van der Waals surface area contributed by atoms with Crippen molar-refractivity contribution in [1.82, 2.24) is 9.47 Å². The Balaban J connectivity index is 1.76. The van der Waals surface area contributed by atoms with Crippen molar-refractivity contribution in [3.63, 3.8) is 0 Å². The number of nitrogens with zero attached hydrogens (tertiary/aromatic N) is 3. The highest BCUT2D eigenvalue weighted by atomic mass is 16.2. The van der Waals surface area contributed by atoms with Crippen molar-refractivity contribution in [3.8, 4) is 0 Å². The molecule has 0 bridgehead atoms. The van der Waals surface area contributed by atoms with Crippen molar-refractivity contribution < 1.29 is 4.79 Å². The van der Waals surface area contributed by atoms with E-state index < -0.39 is 0 Å². The van der Waals surface area contributed by atoms with Gasteiger partial charge in [0.05, 0.1) is 5.56 Å². The van der Waals surface area contributed by atoms with Crippen LogP contribution in [0.2, 0.25) is 0 Å². The molecule has 1 atom stereocenters. The summed E-state index contributed by atoms with van der Waals surface area (Å²) in [5, 5.41) is 1.04. The zero-order valence-electron chi connectivity index (χ0n) is 15.6. The predicted octanol–water partition coefficient (Wildman–Crippen LogP) is 3.79. The minimum atomic E-state index is 0.0993. The summed E-state index contributed by atoms with van der Waals surface area (Å²) < 4.78 is 2.20. The summed E-state index contributed by atoms with van der Waals surface area (Å²) in [7, 11) is 4.14. The number of hydrogen-bond acceptors (Lipinski definition) is 2. The summed E-state index contributed by atoms with van der Waals surface area (Å²) in [6.45, 7) is 3.94. The average molecular weight is 347 g/mol. The van der Waals surface area contributed by atoms with Gasteiger partial charge in [0, 0.05) is 41.9 Å². The van der Waals surface area contributed by atoms with Crippen LogP contribution in [0.4, 0.5) is 5.69 Å². The normalized spacial score (nSPS) is 16.5. The van der Waals surface area contributed by atoms with Crippen LogP contribution in [0, 0.1) is 0 Å². The van der Waals surface area contributed by atoms with Gasteiger partial charge in [0.25, 0.3) is 5.91 Å². The Kier molecular flexibility index (Phi) is 4.29. The molecule has 0 saturated carbocycles.